The maximum absolute atomic E-state index is 13.5. The van der Waals surface area contributed by atoms with E-state index in [1.165, 1.54) is 3.97 Å². The molecular formula is C21H20N4O2S. The Bertz CT molecular complexity index is 1350. The molecule has 1 aliphatic heterocycles. The van der Waals surface area contributed by atoms with Crippen LogP contribution in [0.15, 0.2) is 66.0 Å². The van der Waals surface area contributed by atoms with Crippen LogP contribution in [0.25, 0.3) is 27.5 Å². The molecule has 0 amide bonds. The zero-order valence-electron chi connectivity index (χ0n) is 15.5. The standard InChI is InChI=1S/C21H20N4O2S/c1-24-12-8-16-13-17(4-5-19(16)24)28(26,27)25-14-18(15-6-10-22-11-7-15)21-20(25)3-2-9-23-21/h2-6,8-9,12-14,22H,7,10-11H2,1H3. The van der Waals surface area contributed by atoms with Gasteiger partial charge in [0.1, 0.15) is 0 Å². The minimum atomic E-state index is -3.74. The highest BCUT2D eigenvalue weighted by atomic mass is 32.2. The van der Waals surface area contributed by atoms with Crippen LogP contribution < -0.4 is 5.32 Å². The van der Waals surface area contributed by atoms with Crippen LogP contribution in [-0.2, 0) is 17.1 Å². The van der Waals surface area contributed by atoms with E-state index < -0.39 is 10.0 Å². The summed E-state index contributed by atoms with van der Waals surface area (Å²) >= 11 is 0. The minimum absolute atomic E-state index is 0.276. The van der Waals surface area contributed by atoms with Gasteiger partial charge in [0, 0.05) is 48.6 Å². The van der Waals surface area contributed by atoms with Gasteiger partial charge >= 0.3 is 0 Å². The first-order chi connectivity index (χ1) is 13.6. The lowest BCUT2D eigenvalue weighted by Gasteiger charge is -2.12. The Hall–Kier alpha value is -2.90. The van der Waals surface area contributed by atoms with Gasteiger partial charge in [-0.1, -0.05) is 6.08 Å². The minimum Gasteiger partial charge on any atom is -0.351 e. The van der Waals surface area contributed by atoms with E-state index in [1.54, 1.807) is 30.6 Å². The Kier molecular flexibility index (Phi) is 3.89. The summed E-state index contributed by atoms with van der Waals surface area (Å²) in [5, 5.41) is 4.19. The number of nitrogens with one attached hydrogen (secondary N) is 1. The lowest BCUT2D eigenvalue weighted by molar-refractivity contribution is 0.589. The van der Waals surface area contributed by atoms with Gasteiger partial charge in [0.2, 0.25) is 0 Å². The van der Waals surface area contributed by atoms with Gasteiger partial charge in [-0.3, -0.25) is 4.98 Å². The van der Waals surface area contributed by atoms with E-state index >= 15 is 0 Å². The van der Waals surface area contributed by atoms with Crippen molar-refractivity contribution in [3.63, 3.8) is 0 Å². The predicted molar refractivity (Wildman–Crippen MR) is 111 cm³/mol. The first-order valence-electron chi connectivity index (χ1n) is 9.22. The zero-order chi connectivity index (χ0) is 19.3. The van der Waals surface area contributed by atoms with Crippen molar-refractivity contribution < 1.29 is 8.42 Å². The van der Waals surface area contributed by atoms with Gasteiger partial charge in [0.05, 0.1) is 15.9 Å². The van der Waals surface area contributed by atoms with Gasteiger partial charge in [-0.25, -0.2) is 12.4 Å². The molecule has 0 bridgehead atoms. The molecule has 6 nitrogen and oxygen atoms in total. The van der Waals surface area contributed by atoms with Crippen LogP contribution in [0.4, 0.5) is 0 Å². The average molecular weight is 392 g/mol. The Morgan fingerprint density at radius 1 is 1.14 bits per heavy atom. The molecule has 4 aromatic rings. The molecule has 0 saturated carbocycles. The fourth-order valence-electron chi connectivity index (χ4n) is 3.86. The van der Waals surface area contributed by atoms with Gasteiger partial charge in [0.15, 0.2) is 0 Å². The summed E-state index contributed by atoms with van der Waals surface area (Å²) < 4.78 is 30.3. The average Bonchev–Trinajstić information content (AvgIpc) is 3.30. The smallest absolute Gasteiger partial charge is 0.268 e. The number of fused-ring (bicyclic) bond motifs is 2. The predicted octanol–water partition coefficient (Wildman–Crippen LogP) is 3.14. The van der Waals surface area contributed by atoms with Crippen molar-refractivity contribution in [3.8, 4) is 0 Å². The molecule has 142 valence electrons. The summed E-state index contributed by atoms with van der Waals surface area (Å²) in [7, 11) is -1.80. The van der Waals surface area contributed by atoms with Crippen LogP contribution in [0.5, 0.6) is 0 Å². The normalized spacial score (nSPS) is 15.2. The highest BCUT2D eigenvalue weighted by Crippen LogP contribution is 2.31. The molecular weight excluding hydrogens is 372 g/mol. The third-order valence-electron chi connectivity index (χ3n) is 5.35. The van der Waals surface area contributed by atoms with Crippen LogP contribution in [0.1, 0.15) is 12.0 Å². The molecule has 3 aromatic heterocycles. The van der Waals surface area contributed by atoms with Crippen LogP contribution >= 0.6 is 0 Å². The maximum Gasteiger partial charge on any atom is 0.268 e. The summed E-state index contributed by atoms with van der Waals surface area (Å²) in [5.74, 6) is 0. The monoisotopic (exact) mass is 392 g/mol. The second-order valence-electron chi connectivity index (χ2n) is 7.05. The van der Waals surface area contributed by atoms with Crippen LogP contribution in [-0.4, -0.2) is 35.0 Å². The second-order valence-corrected chi connectivity index (χ2v) is 8.86. The molecule has 0 saturated heterocycles. The first kappa shape index (κ1) is 17.2. The lowest BCUT2D eigenvalue weighted by Crippen LogP contribution is -2.20. The summed E-state index contributed by atoms with van der Waals surface area (Å²) in [6.45, 7) is 1.66. The number of nitrogens with zero attached hydrogens (tertiary/aromatic N) is 3. The number of pyridine rings is 1. The Labute approximate surface area is 163 Å². The number of hydrogen-bond donors (Lipinski definition) is 1. The van der Waals surface area contributed by atoms with Crippen molar-refractivity contribution in [2.75, 3.05) is 13.1 Å². The summed E-state index contributed by atoms with van der Waals surface area (Å²) in [4.78, 5) is 4.76. The van der Waals surface area contributed by atoms with Crippen LogP contribution in [0, 0.1) is 0 Å². The van der Waals surface area contributed by atoms with Gasteiger partial charge < -0.3 is 9.88 Å². The Morgan fingerprint density at radius 3 is 2.86 bits per heavy atom. The SMILES string of the molecule is Cn1ccc2cc(S(=O)(=O)n3cc(C4=CCNCC4)c4ncccc43)ccc21. The molecule has 0 aliphatic carbocycles. The molecule has 1 aliphatic rings. The second kappa shape index (κ2) is 6.32. The first-order valence-corrected chi connectivity index (χ1v) is 10.7. The summed E-state index contributed by atoms with van der Waals surface area (Å²) in [6, 6.07) is 10.8. The Balaban J connectivity index is 1.72. The summed E-state index contributed by atoms with van der Waals surface area (Å²) in [6.07, 6.45) is 8.32. The van der Waals surface area contributed by atoms with Crippen molar-refractivity contribution >= 4 is 37.5 Å². The van der Waals surface area contributed by atoms with E-state index in [-0.39, 0.29) is 4.90 Å². The largest absolute Gasteiger partial charge is 0.351 e. The third kappa shape index (κ3) is 2.58. The molecule has 7 heteroatoms. The molecule has 0 fully saturated rings. The quantitative estimate of drug-likeness (QED) is 0.582. The maximum atomic E-state index is 13.5. The number of benzene rings is 1. The van der Waals surface area contributed by atoms with E-state index in [2.05, 4.69) is 16.4 Å². The number of rotatable bonds is 3. The van der Waals surface area contributed by atoms with Crippen molar-refractivity contribution in [2.45, 2.75) is 11.3 Å². The molecule has 28 heavy (non-hydrogen) atoms. The molecule has 5 rings (SSSR count). The molecule has 0 radical (unpaired) electrons. The molecule has 4 heterocycles. The van der Waals surface area contributed by atoms with Gasteiger partial charge in [-0.15, -0.1) is 0 Å². The fraction of sp³-hybridized carbons (Fsp3) is 0.190. The topological polar surface area (TPSA) is 68.9 Å². The number of hydrogen-bond acceptors (Lipinski definition) is 4. The lowest BCUT2D eigenvalue weighted by atomic mass is 10.0. The van der Waals surface area contributed by atoms with Gasteiger partial charge in [-0.05, 0) is 54.9 Å². The molecule has 0 unspecified atom stereocenters. The van der Waals surface area contributed by atoms with Gasteiger partial charge in [-0.2, -0.15) is 0 Å². The van der Waals surface area contributed by atoms with Gasteiger partial charge in [0.25, 0.3) is 10.0 Å². The van der Waals surface area contributed by atoms with Crippen molar-refractivity contribution in [1.29, 1.82) is 0 Å². The highest BCUT2D eigenvalue weighted by Gasteiger charge is 2.24. The van der Waals surface area contributed by atoms with Crippen molar-refractivity contribution in [2.24, 2.45) is 7.05 Å². The fourth-order valence-corrected chi connectivity index (χ4v) is 5.26. The molecule has 1 aromatic carbocycles. The van der Waals surface area contributed by atoms with Crippen molar-refractivity contribution in [3.05, 3.63) is 66.6 Å². The van der Waals surface area contributed by atoms with E-state index in [0.717, 1.165) is 47.1 Å². The van der Waals surface area contributed by atoms with Crippen LogP contribution in [0.2, 0.25) is 0 Å². The third-order valence-corrected chi connectivity index (χ3v) is 7.02. The molecule has 0 atom stereocenters. The van der Waals surface area contributed by atoms with E-state index in [9.17, 15) is 8.42 Å². The highest BCUT2D eigenvalue weighted by molar-refractivity contribution is 7.90. The van der Waals surface area contributed by atoms with Crippen molar-refractivity contribution in [1.82, 2.24) is 18.8 Å². The van der Waals surface area contributed by atoms with E-state index in [0.29, 0.717) is 5.52 Å². The van der Waals surface area contributed by atoms with E-state index in [1.807, 2.05) is 36.0 Å². The summed E-state index contributed by atoms with van der Waals surface area (Å²) in [5.41, 5.74) is 4.35. The van der Waals surface area contributed by atoms with E-state index in [4.69, 9.17) is 0 Å². The number of aromatic nitrogens is 3. The molecule has 0 spiro atoms. The van der Waals surface area contributed by atoms with Crippen LogP contribution in [0.3, 0.4) is 0 Å². The molecule has 1 N–H and O–H groups in total. The Morgan fingerprint density at radius 2 is 2.04 bits per heavy atom. The number of aryl methyl sites for hydroxylation is 1. The zero-order valence-corrected chi connectivity index (χ0v) is 16.3.